The van der Waals surface area contributed by atoms with Crippen LogP contribution in [-0.2, 0) is 6.54 Å². The fraction of sp³-hybridized carbons (Fsp3) is 0.375. The number of amides is 2. The standard InChI is InChI=1S/C16H20N4O2/c1-13-11-15(18-22-13)17-16(21)20-9-7-19(8-10-20)12-14-5-3-2-4-6-14/h2-6,11H,7-10,12H2,1H3,(H,17,18,21). The number of carbonyl (C=O) groups is 1. The summed E-state index contributed by atoms with van der Waals surface area (Å²) in [4.78, 5) is 16.3. The summed E-state index contributed by atoms with van der Waals surface area (Å²) in [5.74, 6) is 1.15. The molecule has 0 aliphatic carbocycles. The summed E-state index contributed by atoms with van der Waals surface area (Å²) in [6.07, 6.45) is 0. The summed E-state index contributed by atoms with van der Waals surface area (Å²) >= 11 is 0. The molecule has 22 heavy (non-hydrogen) atoms. The molecule has 1 aromatic carbocycles. The van der Waals surface area contributed by atoms with Crippen LogP contribution < -0.4 is 5.32 Å². The highest BCUT2D eigenvalue weighted by molar-refractivity contribution is 5.88. The van der Waals surface area contributed by atoms with Gasteiger partial charge in [0.05, 0.1) is 0 Å². The number of hydrogen-bond acceptors (Lipinski definition) is 4. The minimum Gasteiger partial charge on any atom is -0.360 e. The maximum absolute atomic E-state index is 12.2. The van der Waals surface area contributed by atoms with Gasteiger partial charge >= 0.3 is 6.03 Å². The summed E-state index contributed by atoms with van der Waals surface area (Å²) in [5.41, 5.74) is 1.30. The summed E-state index contributed by atoms with van der Waals surface area (Å²) in [6.45, 7) is 5.91. The number of nitrogens with one attached hydrogen (secondary N) is 1. The summed E-state index contributed by atoms with van der Waals surface area (Å²) < 4.78 is 4.94. The molecule has 1 N–H and O–H groups in total. The van der Waals surface area contributed by atoms with Crippen molar-refractivity contribution in [3.63, 3.8) is 0 Å². The van der Waals surface area contributed by atoms with Crippen molar-refractivity contribution in [3.8, 4) is 0 Å². The average Bonchev–Trinajstić information content (AvgIpc) is 2.94. The van der Waals surface area contributed by atoms with Crippen molar-refractivity contribution in [2.75, 3.05) is 31.5 Å². The van der Waals surface area contributed by atoms with Crippen molar-refractivity contribution in [1.29, 1.82) is 0 Å². The van der Waals surface area contributed by atoms with Crippen LogP contribution in [0.25, 0.3) is 0 Å². The van der Waals surface area contributed by atoms with Gasteiger partial charge in [-0.3, -0.25) is 10.2 Å². The number of urea groups is 1. The first-order valence-electron chi connectivity index (χ1n) is 7.46. The topological polar surface area (TPSA) is 61.6 Å². The zero-order chi connectivity index (χ0) is 15.4. The van der Waals surface area contributed by atoms with E-state index in [9.17, 15) is 4.79 Å². The average molecular weight is 300 g/mol. The van der Waals surface area contributed by atoms with Crippen LogP contribution in [-0.4, -0.2) is 47.2 Å². The lowest BCUT2D eigenvalue weighted by molar-refractivity contribution is 0.143. The van der Waals surface area contributed by atoms with Gasteiger partial charge in [0, 0.05) is 38.8 Å². The number of carbonyl (C=O) groups excluding carboxylic acids is 1. The molecule has 1 aromatic heterocycles. The molecule has 0 spiro atoms. The Balaban J connectivity index is 1.48. The van der Waals surface area contributed by atoms with Crippen LogP contribution in [0.5, 0.6) is 0 Å². The predicted octanol–water partition coefficient (Wildman–Crippen LogP) is 2.33. The van der Waals surface area contributed by atoms with Gasteiger partial charge in [-0.25, -0.2) is 4.79 Å². The lowest BCUT2D eigenvalue weighted by Gasteiger charge is -2.34. The first-order valence-corrected chi connectivity index (χ1v) is 7.46. The Labute approximate surface area is 129 Å². The highest BCUT2D eigenvalue weighted by Crippen LogP contribution is 2.11. The molecule has 0 unspecified atom stereocenters. The first-order chi connectivity index (χ1) is 10.7. The Morgan fingerprint density at radius 3 is 2.59 bits per heavy atom. The van der Waals surface area contributed by atoms with Gasteiger partial charge in [0.2, 0.25) is 0 Å². The number of nitrogens with zero attached hydrogens (tertiary/aromatic N) is 3. The molecule has 1 aliphatic heterocycles. The third-order valence-electron chi connectivity index (χ3n) is 3.77. The van der Waals surface area contributed by atoms with E-state index >= 15 is 0 Å². The third-order valence-corrected chi connectivity index (χ3v) is 3.77. The monoisotopic (exact) mass is 300 g/mol. The van der Waals surface area contributed by atoms with Gasteiger partial charge < -0.3 is 9.42 Å². The van der Waals surface area contributed by atoms with Crippen molar-refractivity contribution in [3.05, 3.63) is 47.7 Å². The normalized spacial score (nSPS) is 15.8. The lowest BCUT2D eigenvalue weighted by Crippen LogP contribution is -2.49. The van der Waals surface area contributed by atoms with Crippen LogP contribution in [0, 0.1) is 6.92 Å². The van der Waals surface area contributed by atoms with E-state index in [1.807, 2.05) is 11.0 Å². The van der Waals surface area contributed by atoms with Gasteiger partial charge in [-0.05, 0) is 12.5 Å². The second kappa shape index (κ2) is 6.62. The van der Waals surface area contributed by atoms with Crippen LogP contribution in [0.2, 0.25) is 0 Å². The van der Waals surface area contributed by atoms with E-state index in [1.165, 1.54) is 5.56 Å². The van der Waals surface area contributed by atoms with Crippen LogP contribution >= 0.6 is 0 Å². The van der Waals surface area contributed by atoms with E-state index in [0.717, 1.165) is 32.7 Å². The molecule has 1 saturated heterocycles. The van der Waals surface area contributed by atoms with Gasteiger partial charge in [-0.1, -0.05) is 35.5 Å². The summed E-state index contributed by atoms with van der Waals surface area (Å²) in [7, 11) is 0. The Bertz CT molecular complexity index is 618. The van der Waals surface area contributed by atoms with E-state index in [2.05, 4.69) is 39.6 Å². The van der Waals surface area contributed by atoms with Gasteiger partial charge in [0.25, 0.3) is 0 Å². The van der Waals surface area contributed by atoms with Crippen molar-refractivity contribution < 1.29 is 9.32 Å². The van der Waals surface area contributed by atoms with Crippen molar-refractivity contribution in [2.45, 2.75) is 13.5 Å². The number of hydrogen-bond donors (Lipinski definition) is 1. The quantitative estimate of drug-likeness (QED) is 0.945. The van der Waals surface area contributed by atoms with Gasteiger partial charge in [0.1, 0.15) is 5.76 Å². The molecule has 0 saturated carbocycles. The smallest absolute Gasteiger partial charge is 0.323 e. The molecular weight excluding hydrogens is 280 g/mol. The Morgan fingerprint density at radius 2 is 1.95 bits per heavy atom. The molecular formula is C16H20N4O2. The molecule has 116 valence electrons. The minimum absolute atomic E-state index is 0.118. The van der Waals surface area contributed by atoms with Gasteiger partial charge in [-0.2, -0.15) is 0 Å². The molecule has 3 rings (SSSR count). The number of benzene rings is 1. The van der Waals surface area contributed by atoms with Gasteiger partial charge in [0.15, 0.2) is 5.82 Å². The second-order valence-corrected chi connectivity index (χ2v) is 5.50. The lowest BCUT2D eigenvalue weighted by atomic mass is 10.2. The second-order valence-electron chi connectivity index (χ2n) is 5.50. The number of rotatable bonds is 3. The highest BCUT2D eigenvalue weighted by atomic mass is 16.5. The van der Waals surface area contributed by atoms with Gasteiger partial charge in [-0.15, -0.1) is 0 Å². The minimum atomic E-state index is -0.118. The Kier molecular flexibility index (Phi) is 4.39. The van der Waals surface area contributed by atoms with Crippen molar-refractivity contribution >= 4 is 11.8 Å². The maximum atomic E-state index is 12.2. The van der Waals surface area contributed by atoms with Crippen LogP contribution in [0.4, 0.5) is 10.6 Å². The molecule has 6 heteroatoms. The fourth-order valence-electron chi connectivity index (χ4n) is 2.56. The Morgan fingerprint density at radius 1 is 1.23 bits per heavy atom. The van der Waals surface area contributed by atoms with Crippen LogP contribution in [0.3, 0.4) is 0 Å². The van der Waals surface area contributed by atoms with Crippen LogP contribution in [0.1, 0.15) is 11.3 Å². The molecule has 0 bridgehead atoms. The zero-order valence-corrected chi connectivity index (χ0v) is 12.7. The fourth-order valence-corrected chi connectivity index (χ4v) is 2.56. The molecule has 0 radical (unpaired) electrons. The predicted molar refractivity (Wildman–Crippen MR) is 83.6 cm³/mol. The molecule has 2 amide bonds. The molecule has 0 atom stereocenters. The zero-order valence-electron chi connectivity index (χ0n) is 12.7. The molecule has 1 aliphatic rings. The number of anilines is 1. The van der Waals surface area contributed by atoms with E-state index in [-0.39, 0.29) is 6.03 Å². The van der Waals surface area contributed by atoms with E-state index in [4.69, 9.17) is 4.52 Å². The van der Waals surface area contributed by atoms with E-state index in [1.54, 1.807) is 13.0 Å². The molecule has 2 heterocycles. The van der Waals surface area contributed by atoms with Crippen molar-refractivity contribution in [1.82, 2.24) is 15.0 Å². The SMILES string of the molecule is Cc1cc(NC(=O)N2CCN(Cc3ccccc3)CC2)no1. The molecule has 2 aromatic rings. The Hall–Kier alpha value is -2.34. The number of piperazine rings is 1. The summed E-state index contributed by atoms with van der Waals surface area (Å²) in [5, 5.41) is 6.54. The van der Waals surface area contributed by atoms with E-state index < -0.39 is 0 Å². The van der Waals surface area contributed by atoms with Crippen molar-refractivity contribution in [2.24, 2.45) is 0 Å². The molecule has 1 fully saturated rings. The molecule has 6 nitrogen and oxygen atoms in total. The highest BCUT2D eigenvalue weighted by Gasteiger charge is 2.21. The number of aromatic nitrogens is 1. The van der Waals surface area contributed by atoms with Crippen LogP contribution in [0.15, 0.2) is 40.9 Å². The summed E-state index contributed by atoms with van der Waals surface area (Å²) in [6, 6.07) is 12.0. The van der Waals surface area contributed by atoms with E-state index in [0.29, 0.717) is 11.6 Å². The maximum Gasteiger partial charge on any atom is 0.323 e. The third kappa shape index (κ3) is 3.65. The largest absolute Gasteiger partial charge is 0.360 e. The first kappa shape index (κ1) is 14.6. The number of aryl methyl sites for hydroxylation is 1.